The van der Waals surface area contributed by atoms with E-state index in [1.54, 1.807) is 30.0 Å². The number of carbonyl (C=O) groups excluding carboxylic acids is 2. The summed E-state index contributed by atoms with van der Waals surface area (Å²) >= 11 is 6.22. The Balaban J connectivity index is 2.24. The maximum Gasteiger partial charge on any atom is 0.243 e. The van der Waals surface area contributed by atoms with E-state index in [1.807, 2.05) is 58.0 Å². The molecule has 0 aliphatic heterocycles. The van der Waals surface area contributed by atoms with Crippen molar-refractivity contribution >= 4 is 39.1 Å². The van der Waals surface area contributed by atoms with E-state index < -0.39 is 21.6 Å². The second-order valence-corrected chi connectivity index (χ2v) is 12.3. The van der Waals surface area contributed by atoms with Crippen LogP contribution in [0, 0.1) is 6.92 Å². The third-order valence-electron chi connectivity index (χ3n) is 5.74. The molecule has 2 amide bonds. The van der Waals surface area contributed by atoms with Crippen LogP contribution in [0.5, 0.6) is 0 Å². The molecule has 0 aliphatic carbocycles. The largest absolute Gasteiger partial charge is 0.350 e. The molecule has 9 heteroatoms. The Labute approximate surface area is 220 Å². The van der Waals surface area contributed by atoms with E-state index in [0.29, 0.717) is 35.7 Å². The number of hydrogen-bond donors (Lipinski definition) is 1. The highest BCUT2D eigenvalue weighted by Crippen LogP contribution is 2.28. The number of nitrogens with one attached hydrogen (secondary N) is 1. The van der Waals surface area contributed by atoms with Gasteiger partial charge in [-0.05, 0) is 63.8 Å². The van der Waals surface area contributed by atoms with E-state index in [-0.39, 0.29) is 24.8 Å². The van der Waals surface area contributed by atoms with Crippen molar-refractivity contribution in [1.29, 1.82) is 0 Å². The molecule has 198 valence electrons. The van der Waals surface area contributed by atoms with Crippen molar-refractivity contribution < 1.29 is 18.0 Å². The van der Waals surface area contributed by atoms with Crippen LogP contribution in [-0.4, -0.2) is 49.5 Å². The molecule has 0 fully saturated rings. The Morgan fingerprint density at radius 2 is 1.69 bits per heavy atom. The summed E-state index contributed by atoms with van der Waals surface area (Å²) in [6, 6.07) is 14.0. The minimum absolute atomic E-state index is 0.0950. The van der Waals surface area contributed by atoms with Crippen molar-refractivity contribution in [2.45, 2.75) is 72.0 Å². The van der Waals surface area contributed by atoms with Gasteiger partial charge >= 0.3 is 0 Å². The molecule has 0 aromatic heterocycles. The Kier molecular flexibility index (Phi) is 10.4. The summed E-state index contributed by atoms with van der Waals surface area (Å²) in [5.41, 5.74) is 1.64. The summed E-state index contributed by atoms with van der Waals surface area (Å²) in [6.45, 7) is 9.76. The van der Waals surface area contributed by atoms with E-state index in [2.05, 4.69) is 5.32 Å². The van der Waals surface area contributed by atoms with E-state index in [9.17, 15) is 18.0 Å². The van der Waals surface area contributed by atoms with Gasteiger partial charge < -0.3 is 10.2 Å². The van der Waals surface area contributed by atoms with Crippen LogP contribution in [0.4, 0.5) is 5.69 Å². The number of rotatable bonds is 11. The molecule has 0 aliphatic rings. The van der Waals surface area contributed by atoms with Gasteiger partial charge in [-0.15, -0.1) is 0 Å². The summed E-state index contributed by atoms with van der Waals surface area (Å²) in [7, 11) is -3.59. The zero-order valence-corrected chi connectivity index (χ0v) is 23.6. The summed E-state index contributed by atoms with van der Waals surface area (Å²) in [5, 5.41) is 3.46. The number of benzene rings is 2. The lowest BCUT2D eigenvalue weighted by atomic mass is 10.0. The molecule has 0 heterocycles. The molecule has 1 N–H and O–H groups in total. The summed E-state index contributed by atoms with van der Waals surface area (Å²) in [4.78, 5) is 28.2. The fourth-order valence-electron chi connectivity index (χ4n) is 4.00. The lowest BCUT2D eigenvalue weighted by molar-refractivity contribution is -0.142. The summed E-state index contributed by atoms with van der Waals surface area (Å²) < 4.78 is 26.4. The SMILES string of the molecule is CC[C@@H](C(=O)NC(C)(C)C)N(Cc1ccccc1)C(=O)CCCN(c1cccc(Cl)c1C)S(C)(=O)=O. The number of nitrogens with zero attached hydrogens (tertiary/aromatic N) is 2. The monoisotopic (exact) mass is 535 g/mol. The summed E-state index contributed by atoms with van der Waals surface area (Å²) in [5.74, 6) is -0.410. The van der Waals surface area contributed by atoms with Gasteiger partial charge in [0.2, 0.25) is 21.8 Å². The third-order valence-corrected chi connectivity index (χ3v) is 7.33. The van der Waals surface area contributed by atoms with Crippen LogP contribution >= 0.6 is 11.6 Å². The zero-order chi connectivity index (χ0) is 27.1. The fourth-order valence-corrected chi connectivity index (χ4v) is 5.19. The van der Waals surface area contributed by atoms with E-state index in [1.165, 1.54) is 4.31 Å². The molecule has 0 saturated heterocycles. The number of anilines is 1. The van der Waals surface area contributed by atoms with Gasteiger partial charge in [0.25, 0.3) is 0 Å². The molecule has 0 bridgehead atoms. The Morgan fingerprint density at radius 3 is 2.25 bits per heavy atom. The lowest BCUT2D eigenvalue weighted by Gasteiger charge is -2.33. The van der Waals surface area contributed by atoms with Gasteiger partial charge in [-0.2, -0.15) is 0 Å². The first-order valence-electron chi connectivity index (χ1n) is 12.1. The molecule has 2 aromatic rings. The molecule has 0 saturated carbocycles. The predicted octanol–water partition coefficient (Wildman–Crippen LogP) is 4.92. The van der Waals surface area contributed by atoms with Gasteiger partial charge in [0, 0.05) is 30.1 Å². The number of carbonyl (C=O) groups is 2. The van der Waals surface area contributed by atoms with Gasteiger partial charge in [0.05, 0.1) is 11.9 Å². The maximum atomic E-state index is 13.5. The minimum Gasteiger partial charge on any atom is -0.350 e. The number of halogens is 1. The Morgan fingerprint density at radius 1 is 1.06 bits per heavy atom. The smallest absolute Gasteiger partial charge is 0.243 e. The highest BCUT2D eigenvalue weighted by atomic mass is 35.5. The third kappa shape index (κ3) is 8.52. The predicted molar refractivity (Wildman–Crippen MR) is 147 cm³/mol. The van der Waals surface area contributed by atoms with Crippen molar-refractivity contribution in [2.75, 3.05) is 17.1 Å². The van der Waals surface area contributed by atoms with Gasteiger partial charge in [0.15, 0.2) is 0 Å². The highest BCUT2D eigenvalue weighted by molar-refractivity contribution is 7.92. The normalized spacial score (nSPS) is 12.6. The minimum atomic E-state index is -3.59. The Bertz CT molecular complexity index is 1150. The molecule has 0 radical (unpaired) electrons. The van der Waals surface area contributed by atoms with Crippen molar-refractivity contribution in [3.63, 3.8) is 0 Å². The molecule has 1 atom stereocenters. The van der Waals surface area contributed by atoms with Crippen LogP contribution in [0.3, 0.4) is 0 Å². The second-order valence-electron chi connectivity index (χ2n) is 9.99. The average molecular weight is 536 g/mol. The molecule has 36 heavy (non-hydrogen) atoms. The second kappa shape index (κ2) is 12.6. The zero-order valence-electron chi connectivity index (χ0n) is 22.0. The standard InChI is InChI=1S/C27H38ClN3O4S/c1-7-23(26(33)29-27(3,4)5)30(19-21-13-9-8-10-14-21)25(32)17-12-18-31(36(6,34)35)24-16-11-15-22(28)20(24)2/h8-11,13-16,23H,7,12,17-19H2,1-6H3,(H,29,33)/t23-/m0/s1. The van der Waals surface area contributed by atoms with Gasteiger partial charge in [-0.1, -0.05) is 54.9 Å². The van der Waals surface area contributed by atoms with Gasteiger partial charge in [0.1, 0.15) is 6.04 Å². The van der Waals surface area contributed by atoms with Crippen LogP contribution in [0.1, 0.15) is 58.1 Å². The van der Waals surface area contributed by atoms with Crippen LogP contribution in [-0.2, 0) is 26.2 Å². The Hall–Kier alpha value is -2.58. The molecule has 7 nitrogen and oxygen atoms in total. The van der Waals surface area contributed by atoms with Crippen LogP contribution in [0.2, 0.25) is 5.02 Å². The van der Waals surface area contributed by atoms with Crippen molar-refractivity contribution in [2.24, 2.45) is 0 Å². The molecule has 0 spiro atoms. The highest BCUT2D eigenvalue weighted by Gasteiger charge is 2.30. The van der Waals surface area contributed by atoms with Crippen molar-refractivity contribution in [1.82, 2.24) is 10.2 Å². The van der Waals surface area contributed by atoms with E-state index in [0.717, 1.165) is 11.8 Å². The van der Waals surface area contributed by atoms with Crippen molar-refractivity contribution in [3.05, 3.63) is 64.7 Å². The molecular formula is C27H38ClN3O4S. The maximum absolute atomic E-state index is 13.5. The molecule has 2 rings (SSSR count). The number of sulfonamides is 1. The average Bonchev–Trinajstić information content (AvgIpc) is 2.77. The first-order chi connectivity index (χ1) is 16.7. The summed E-state index contributed by atoms with van der Waals surface area (Å²) in [6.07, 6.45) is 1.98. The van der Waals surface area contributed by atoms with Gasteiger partial charge in [-0.25, -0.2) is 8.42 Å². The van der Waals surface area contributed by atoms with Crippen LogP contribution in [0.15, 0.2) is 48.5 Å². The quantitative estimate of drug-likeness (QED) is 0.442. The van der Waals surface area contributed by atoms with E-state index >= 15 is 0 Å². The first kappa shape index (κ1) is 29.6. The number of hydrogen-bond acceptors (Lipinski definition) is 4. The van der Waals surface area contributed by atoms with Gasteiger partial charge in [-0.3, -0.25) is 13.9 Å². The topological polar surface area (TPSA) is 86.8 Å². The number of amides is 2. The fraction of sp³-hybridized carbons (Fsp3) is 0.481. The molecular weight excluding hydrogens is 498 g/mol. The van der Waals surface area contributed by atoms with Crippen LogP contribution in [0.25, 0.3) is 0 Å². The molecule has 0 unspecified atom stereocenters. The van der Waals surface area contributed by atoms with E-state index in [4.69, 9.17) is 11.6 Å². The van der Waals surface area contributed by atoms with Crippen LogP contribution < -0.4 is 9.62 Å². The van der Waals surface area contributed by atoms with Crippen molar-refractivity contribution in [3.8, 4) is 0 Å². The lowest BCUT2D eigenvalue weighted by Crippen LogP contribution is -2.53. The molecule has 2 aromatic carbocycles. The first-order valence-corrected chi connectivity index (χ1v) is 14.4.